The second kappa shape index (κ2) is 16.8. The Morgan fingerprint density at radius 1 is 1.05 bits per heavy atom. The van der Waals surface area contributed by atoms with Gasteiger partial charge in [0.25, 0.3) is 5.91 Å². The van der Waals surface area contributed by atoms with Crippen molar-refractivity contribution in [3.63, 3.8) is 0 Å². The zero-order valence-electron chi connectivity index (χ0n) is 23.5. The van der Waals surface area contributed by atoms with E-state index >= 15 is 0 Å². The summed E-state index contributed by atoms with van der Waals surface area (Å²) in [6.45, 7) is 2.52. The first-order valence-corrected chi connectivity index (χ1v) is 14.7. The number of ketones is 1. The fourth-order valence-corrected chi connectivity index (χ4v) is 3.93. The lowest BCUT2D eigenvalue weighted by molar-refractivity contribution is -0.161. The molecule has 3 rings (SSSR count). The number of hydrogen-bond donors (Lipinski definition) is 4. The van der Waals surface area contributed by atoms with E-state index in [-0.39, 0.29) is 16.7 Å². The van der Waals surface area contributed by atoms with Gasteiger partial charge in [-0.25, -0.2) is 12.8 Å². The molecule has 234 valence electrons. The predicted molar refractivity (Wildman–Crippen MR) is 146 cm³/mol. The van der Waals surface area contributed by atoms with Gasteiger partial charge in [0.05, 0.1) is 11.4 Å². The van der Waals surface area contributed by atoms with Gasteiger partial charge in [0.2, 0.25) is 11.7 Å². The number of benzene rings is 2. The van der Waals surface area contributed by atoms with Crippen LogP contribution < -0.4 is 20.7 Å². The van der Waals surface area contributed by atoms with Crippen molar-refractivity contribution in [3.05, 3.63) is 59.9 Å². The lowest BCUT2D eigenvalue weighted by Gasteiger charge is -2.27. The van der Waals surface area contributed by atoms with Gasteiger partial charge in [0.15, 0.2) is 9.84 Å². The van der Waals surface area contributed by atoms with Gasteiger partial charge < -0.3 is 20.5 Å². The number of ether oxygens (including phenoxy) is 1. The van der Waals surface area contributed by atoms with E-state index in [1.54, 1.807) is 0 Å². The molecule has 2 amide bonds. The van der Waals surface area contributed by atoms with Gasteiger partial charge in [-0.05, 0) is 48.7 Å². The smallest absolute Gasteiger partial charge is 0.407 e. The predicted octanol–water partition coefficient (Wildman–Crippen LogP) is 2.47. The molecule has 4 N–H and O–H groups in total. The third-order valence-electron chi connectivity index (χ3n) is 5.45. The van der Waals surface area contributed by atoms with E-state index in [0.29, 0.717) is 0 Å². The minimum absolute atomic E-state index is 0.0437. The number of amides is 2. The van der Waals surface area contributed by atoms with E-state index < -0.39 is 70.2 Å². The number of halogens is 4. The Morgan fingerprint density at radius 3 is 2.17 bits per heavy atom. The lowest BCUT2D eigenvalue weighted by atomic mass is 10.0. The second-order valence-electron chi connectivity index (χ2n) is 8.69. The fourth-order valence-electron chi connectivity index (χ4n) is 3.27. The zero-order valence-corrected chi connectivity index (χ0v) is 24.3. The van der Waals surface area contributed by atoms with Gasteiger partial charge in [-0.15, -0.1) is 0 Å². The van der Waals surface area contributed by atoms with Crippen molar-refractivity contribution in [1.29, 1.82) is 0 Å². The standard InChI is InChI=1S/C24H25F4N3O6S.C2H6.CH4O/c1-38(35,36)18-4-2-3-17(11-18)37-13-19(22(33)29-12-20(32)23(34)30-16-9-10-16)31-21(24(26,27)28)14-5-7-15(25)8-6-14;2*1-2/h2-8,11,16,19,21,31H,9-10,12-13H2,1H3,(H,29,33)(H,30,34);1-2H3;2H,1H3. The Kier molecular flexibility index (Phi) is 14.6. The van der Waals surface area contributed by atoms with Crippen LogP contribution in [0.15, 0.2) is 53.4 Å². The quantitative estimate of drug-likeness (QED) is 0.209. The summed E-state index contributed by atoms with van der Waals surface area (Å²) >= 11 is 0. The van der Waals surface area contributed by atoms with Crippen LogP contribution in [-0.2, 0) is 24.2 Å². The van der Waals surface area contributed by atoms with Gasteiger partial charge in [-0.1, -0.05) is 32.0 Å². The average molecular weight is 622 g/mol. The van der Waals surface area contributed by atoms with Gasteiger partial charge >= 0.3 is 6.18 Å². The van der Waals surface area contributed by atoms with E-state index in [1.807, 2.05) is 13.8 Å². The topological polar surface area (TPSA) is 151 Å². The van der Waals surface area contributed by atoms with E-state index in [2.05, 4.69) is 16.0 Å². The number of hydrogen-bond acceptors (Lipinski definition) is 8. The molecule has 2 aromatic rings. The molecule has 2 aromatic carbocycles. The molecule has 2 atom stereocenters. The highest BCUT2D eigenvalue weighted by Crippen LogP contribution is 2.33. The Morgan fingerprint density at radius 2 is 1.64 bits per heavy atom. The number of carbonyl (C=O) groups excluding carboxylic acids is 3. The number of carbonyl (C=O) groups is 3. The summed E-state index contributed by atoms with van der Waals surface area (Å²) in [7, 11) is -2.62. The van der Waals surface area contributed by atoms with Crippen molar-refractivity contribution in [3.8, 4) is 5.75 Å². The van der Waals surface area contributed by atoms with Crippen LogP contribution in [0.25, 0.3) is 0 Å². The van der Waals surface area contributed by atoms with E-state index in [1.165, 1.54) is 18.2 Å². The van der Waals surface area contributed by atoms with Crippen molar-refractivity contribution in [2.75, 3.05) is 26.5 Å². The maximum atomic E-state index is 13.9. The van der Waals surface area contributed by atoms with Crippen LogP contribution >= 0.6 is 0 Å². The highest BCUT2D eigenvalue weighted by atomic mass is 32.2. The number of alkyl halides is 3. The highest BCUT2D eigenvalue weighted by Gasteiger charge is 2.43. The van der Waals surface area contributed by atoms with Gasteiger partial charge in [-0.2, -0.15) is 13.2 Å². The molecule has 0 bridgehead atoms. The maximum absolute atomic E-state index is 13.9. The first kappa shape index (κ1) is 36.5. The molecule has 15 heteroatoms. The minimum Gasteiger partial charge on any atom is -0.491 e. The number of sulfone groups is 1. The van der Waals surface area contributed by atoms with E-state index in [4.69, 9.17) is 9.84 Å². The number of aliphatic hydroxyl groups is 1. The lowest BCUT2D eigenvalue weighted by Crippen LogP contribution is -2.53. The van der Waals surface area contributed by atoms with Gasteiger partial charge in [-0.3, -0.25) is 19.7 Å². The number of aliphatic hydroxyl groups excluding tert-OH is 1. The molecule has 0 saturated heterocycles. The molecule has 0 heterocycles. The highest BCUT2D eigenvalue weighted by molar-refractivity contribution is 7.90. The van der Waals surface area contributed by atoms with Crippen LogP contribution in [0.1, 0.15) is 38.3 Å². The van der Waals surface area contributed by atoms with Crippen molar-refractivity contribution in [2.24, 2.45) is 0 Å². The molecule has 2 unspecified atom stereocenters. The molecule has 1 fully saturated rings. The summed E-state index contributed by atoms with van der Waals surface area (Å²) in [5, 5.41) is 13.7. The Balaban J connectivity index is 0.00000211. The molecule has 0 aromatic heterocycles. The number of nitrogens with one attached hydrogen (secondary N) is 3. The van der Waals surface area contributed by atoms with Crippen LogP contribution in [0.3, 0.4) is 0 Å². The SMILES string of the molecule is CC.CO.CS(=O)(=O)c1cccc(OCC(NC(c2ccc(F)cc2)C(F)(F)F)C(=O)NCC(=O)C(=O)NC2CC2)c1. The van der Waals surface area contributed by atoms with Gasteiger partial charge in [0, 0.05) is 19.4 Å². The molecule has 0 spiro atoms. The van der Waals surface area contributed by atoms with Crippen molar-refractivity contribution < 1.29 is 50.2 Å². The molecule has 10 nitrogen and oxygen atoms in total. The molecule has 1 saturated carbocycles. The van der Waals surface area contributed by atoms with Crippen molar-refractivity contribution in [2.45, 2.75) is 55.9 Å². The Hall–Kier alpha value is -3.56. The maximum Gasteiger partial charge on any atom is 0.407 e. The monoisotopic (exact) mass is 621 g/mol. The van der Waals surface area contributed by atoms with Crippen LogP contribution in [0.2, 0.25) is 0 Å². The van der Waals surface area contributed by atoms with Crippen molar-refractivity contribution >= 4 is 27.4 Å². The zero-order chi connectivity index (χ0) is 32.1. The normalized spacial score (nSPS) is 14.1. The molecule has 1 aliphatic carbocycles. The molecular weight excluding hydrogens is 586 g/mol. The molecule has 0 aliphatic heterocycles. The van der Waals surface area contributed by atoms with E-state index in [9.17, 15) is 40.4 Å². The minimum atomic E-state index is -4.92. The summed E-state index contributed by atoms with van der Waals surface area (Å²) in [4.78, 5) is 36.6. The first-order chi connectivity index (χ1) is 19.7. The van der Waals surface area contributed by atoms with Gasteiger partial charge in [0.1, 0.15) is 30.3 Å². The van der Waals surface area contributed by atoms with E-state index in [0.717, 1.165) is 56.5 Å². The van der Waals surface area contributed by atoms with Crippen LogP contribution in [0.4, 0.5) is 17.6 Å². The average Bonchev–Trinajstić information content (AvgIpc) is 3.77. The summed E-state index contributed by atoms with van der Waals surface area (Å²) in [6.07, 6.45) is -2.53. The first-order valence-electron chi connectivity index (χ1n) is 12.8. The Bertz CT molecular complexity index is 1290. The third-order valence-corrected chi connectivity index (χ3v) is 6.56. The number of rotatable bonds is 12. The molecular formula is C27H35F4N3O7S. The fraction of sp³-hybridized carbons (Fsp3) is 0.444. The third kappa shape index (κ3) is 12.1. The second-order valence-corrected chi connectivity index (χ2v) is 10.7. The Labute approximate surface area is 241 Å². The van der Waals surface area contributed by atoms with Crippen LogP contribution in [-0.4, -0.2) is 75.9 Å². The summed E-state index contributed by atoms with van der Waals surface area (Å²) in [6, 6.07) is 4.30. The summed E-state index contributed by atoms with van der Waals surface area (Å²) in [5.74, 6) is -3.81. The van der Waals surface area contributed by atoms with Crippen LogP contribution in [0.5, 0.6) is 5.75 Å². The largest absolute Gasteiger partial charge is 0.491 e. The van der Waals surface area contributed by atoms with Crippen molar-refractivity contribution in [1.82, 2.24) is 16.0 Å². The summed E-state index contributed by atoms with van der Waals surface area (Å²) in [5.41, 5.74) is -0.393. The molecule has 42 heavy (non-hydrogen) atoms. The number of Topliss-reactive ketones (excluding diaryl/α,β-unsaturated/α-hetero) is 1. The van der Waals surface area contributed by atoms with Crippen LogP contribution in [0, 0.1) is 5.82 Å². The summed E-state index contributed by atoms with van der Waals surface area (Å²) < 4.78 is 84.1. The molecule has 1 aliphatic rings. The molecule has 0 radical (unpaired) electrons.